The SMILES string of the molecule is CC(C)CNC(=O)C1CCc2sc(C(=O)N3CCOCC3)cc2C1. The molecule has 0 aromatic carbocycles. The summed E-state index contributed by atoms with van der Waals surface area (Å²) >= 11 is 1.61. The van der Waals surface area contributed by atoms with Crippen molar-refractivity contribution in [2.45, 2.75) is 33.1 Å². The molecular formula is C18H26N2O3S. The van der Waals surface area contributed by atoms with Gasteiger partial charge in [-0.2, -0.15) is 0 Å². The van der Waals surface area contributed by atoms with Crippen molar-refractivity contribution < 1.29 is 14.3 Å². The van der Waals surface area contributed by atoms with Gasteiger partial charge < -0.3 is 15.0 Å². The molecule has 1 atom stereocenters. The van der Waals surface area contributed by atoms with Crippen LogP contribution in [0, 0.1) is 11.8 Å². The molecule has 0 radical (unpaired) electrons. The van der Waals surface area contributed by atoms with Crippen molar-refractivity contribution in [3.63, 3.8) is 0 Å². The van der Waals surface area contributed by atoms with Crippen LogP contribution < -0.4 is 5.32 Å². The van der Waals surface area contributed by atoms with Gasteiger partial charge in [-0.15, -0.1) is 11.3 Å². The van der Waals surface area contributed by atoms with E-state index >= 15 is 0 Å². The van der Waals surface area contributed by atoms with Gasteiger partial charge in [0.25, 0.3) is 5.91 Å². The summed E-state index contributed by atoms with van der Waals surface area (Å²) in [5.41, 5.74) is 1.19. The van der Waals surface area contributed by atoms with Crippen LogP contribution in [0.1, 0.15) is 40.4 Å². The second kappa shape index (κ2) is 7.66. The van der Waals surface area contributed by atoms with Gasteiger partial charge in [0.05, 0.1) is 18.1 Å². The van der Waals surface area contributed by atoms with Crippen molar-refractivity contribution in [3.05, 3.63) is 21.4 Å². The Morgan fingerprint density at radius 1 is 1.38 bits per heavy atom. The zero-order valence-electron chi connectivity index (χ0n) is 14.5. The number of carbonyl (C=O) groups is 2. The van der Waals surface area contributed by atoms with E-state index in [1.807, 2.05) is 11.0 Å². The molecule has 1 aliphatic carbocycles. The first-order valence-electron chi connectivity index (χ1n) is 8.81. The molecule has 1 unspecified atom stereocenters. The maximum absolute atomic E-state index is 12.6. The van der Waals surface area contributed by atoms with Crippen molar-refractivity contribution in [2.24, 2.45) is 11.8 Å². The molecule has 6 heteroatoms. The number of hydrogen-bond donors (Lipinski definition) is 1. The maximum Gasteiger partial charge on any atom is 0.264 e. The number of aryl methyl sites for hydroxylation is 1. The fraction of sp³-hybridized carbons (Fsp3) is 0.667. The highest BCUT2D eigenvalue weighted by Crippen LogP contribution is 2.33. The molecule has 132 valence electrons. The molecule has 1 N–H and O–H groups in total. The van der Waals surface area contributed by atoms with Crippen molar-refractivity contribution >= 4 is 23.2 Å². The molecule has 2 amide bonds. The van der Waals surface area contributed by atoms with Crippen LogP contribution >= 0.6 is 11.3 Å². The Bertz CT molecular complexity index is 605. The number of nitrogens with zero attached hydrogens (tertiary/aromatic N) is 1. The highest BCUT2D eigenvalue weighted by Gasteiger charge is 2.28. The molecule has 3 rings (SSSR count). The Morgan fingerprint density at radius 2 is 2.12 bits per heavy atom. The minimum absolute atomic E-state index is 0.0391. The van der Waals surface area contributed by atoms with E-state index in [1.54, 1.807) is 11.3 Å². The Morgan fingerprint density at radius 3 is 2.83 bits per heavy atom. The first kappa shape index (κ1) is 17.4. The molecule has 1 aromatic heterocycles. The van der Waals surface area contributed by atoms with Crippen LogP contribution in [-0.4, -0.2) is 49.6 Å². The largest absolute Gasteiger partial charge is 0.378 e. The number of fused-ring (bicyclic) bond motifs is 1. The Labute approximate surface area is 147 Å². The molecule has 0 bridgehead atoms. The summed E-state index contributed by atoms with van der Waals surface area (Å²) in [7, 11) is 0. The van der Waals surface area contributed by atoms with E-state index in [-0.39, 0.29) is 17.7 Å². The average molecular weight is 350 g/mol. The standard InChI is InChI=1S/C18H26N2O3S/c1-12(2)11-19-17(21)13-3-4-15-14(9-13)10-16(24-15)18(22)20-5-7-23-8-6-20/h10,12-13H,3-9,11H2,1-2H3,(H,19,21). The quantitative estimate of drug-likeness (QED) is 0.905. The summed E-state index contributed by atoms with van der Waals surface area (Å²) in [5, 5.41) is 3.04. The predicted octanol–water partition coefficient (Wildman–Crippen LogP) is 2.10. The van der Waals surface area contributed by atoms with E-state index < -0.39 is 0 Å². The van der Waals surface area contributed by atoms with Crippen LogP contribution in [0.2, 0.25) is 0 Å². The topological polar surface area (TPSA) is 58.6 Å². The van der Waals surface area contributed by atoms with Gasteiger partial charge in [-0.25, -0.2) is 0 Å². The van der Waals surface area contributed by atoms with Gasteiger partial charge in [-0.1, -0.05) is 13.8 Å². The third-order valence-corrected chi connectivity index (χ3v) is 5.87. The molecular weight excluding hydrogens is 324 g/mol. The highest BCUT2D eigenvalue weighted by atomic mass is 32.1. The van der Waals surface area contributed by atoms with Crippen molar-refractivity contribution in [2.75, 3.05) is 32.8 Å². The minimum atomic E-state index is 0.0391. The van der Waals surface area contributed by atoms with Crippen LogP contribution in [0.15, 0.2) is 6.07 Å². The molecule has 0 saturated carbocycles. The fourth-order valence-electron chi connectivity index (χ4n) is 3.22. The Balaban J connectivity index is 1.64. The monoisotopic (exact) mass is 350 g/mol. The van der Waals surface area contributed by atoms with Crippen LogP contribution in [0.4, 0.5) is 0 Å². The van der Waals surface area contributed by atoms with Gasteiger partial charge in [-0.05, 0) is 36.8 Å². The summed E-state index contributed by atoms with van der Waals surface area (Å²) in [6.45, 7) is 7.50. The minimum Gasteiger partial charge on any atom is -0.378 e. The lowest BCUT2D eigenvalue weighted by molar-refractivity contribution is -0.125. The number of nitrogens with one attached hydrogen (secondary N) is 1. The third-order valence-electron chi connectivity index (χ3n) is 4.65. The molecule has 2 aliphatic rings. The number of ether oxygens (including phenoxy) is 1. The van der Waals surface area contributed by atoms with Crippen molar-refractivity contribution in [1.82, 2.24) is 10.2 Å². The lowest BCUT2D eigenvalue weighted by Crippen LogP contribution is -2.40. The van der Waals surface area contributed by atoms with Gasteiger partial charge in [0.15, 0.2) is 0 Å². The molecule has 1 aliphatic heterocycles. The van der Waals surface area contributed by atoms with Gasteiger partial charge in [0, 0.05) is 30.4 Å². The van der Waals surface area contributed by atoms with Crippen molar-refractivity contribution in [1.29, 1.82) is 0 Å². The summed E-state index contributed by atoms with van der Waals surface area (Å²) in [4.78, 5) is 28.9. The van der Waals surface area contributed by atoms with Crippen molar-refractivity contribution in [3.8, 4) is 0 Å². The summed E-state index contributed by atoms with van der Waals surface area (Å²) in [6, 6.07) is 2.01. The van der Waals surface area contributed by atoms with E-state index in [2.05, 4.69) is 19.2 Å². The number of thiophene rings is 1. The van der Waals surface area contributed by atoms with E-state index in [4.69, 9.17) is 4.74 Å². The van der Waals surface area contributed by atoms with E-state index in [0.29, 0.717) is 32.2 Å². The number of amides is 2. The van der Waals surface area contributed by atoms with Gasteiger partial charge >= 0.3 is 0 Å². The molecule has 24 heavy (non-hydrogen) atoms. The number of rotatable bonds is 4. The predicted molar refractivity (Wildman–Crippen MR) is 94.4 cm³/mol. The van der Waals surface area contributed by atoms with Gasteiger partial charge in [0.2, 0.25) is 5.91 Å². The second-order valence-corrected chi connectivity index (χ2v) is 8.18. The van der Waals surface area contributed by atoms with Gasteiger partial charge in [0.1, 0.15) is 0 Å². The van der Waals surface area contributed by atoms with E-state index in [0.717, 1.165) is 30.7 Å². The van der Waals surface area contributed by atoms with Crippen LogP contribution in [0.3, 0.4) is 0 Å². The average Bonchev–Trinajstić information content (AvgIpc) is 3.02. The lowest BCUT2D eigenvalue weighted by Gasteiger charge is -2.26. The second-order valence-electron chi connectivity index (χ2n) is 7.04. The van der Waals surface area contributed by atoms with Crippen LogP contribution in [-0.2, 0) is 22.4 Å². The first-order chi connectivity index (χ1) is 11.5. The smallest absolute Gasteiger partial charge is 0.264 e. The molecule has 1 saturated heterocycles. The Kier molecular flexibility index (Phi) is 5.56. The van der Waals surface area contributed by atoms with E-state index in [1.165, 1.54) is 10.4 Å². The highest BCUT2D eigenvalue weighted by molar-refractivity contribution is 7.14. The zero-order chi connectivity index (χ0) is 17.1. The summed E-state index contributed by atoms with van der Waals surface area (Å²) < 4.78 is 5.31. The van der Waals surface area contributed by atoms with Crippen LogP contribution in [0.5, 0.6) is 0 Å². The maximum atomic E-state index is 12.6. The molecule has 5 nitrogen and oxygen atoms in total. The van der Waals surface area contributed by atoms with Crippen LogP contribution in [0.25, 0.3) is 0 Å². The first-order valence-corrected chi connectivity index (χ1v) is 9.62. The van der Waals surface area contributed by atoms with E-state index in [9.17, 15) is 9.59 Å². The normalized spacial score (nSPS) is 20.8. The number of morpholine rings is 1. The van der Waals surface area contributed by atoms with Gasteiger partial charge in [-0.3, -0.25) is 9.59 Å². The molecule has 0 spiro atoms. The molecule has 2 heterocycles. The fourth-order valence-corrected chi connectivity index (χ4v) is 4.40. The third kappa shape index (κ3) is 3.98. The number of carbonyl (C=O) groups excluding carboxylic acids is 2. The summed E-state index contributed by atoms with van der Waals surface area (Å²) in [6.07, 6.45) is 2.53. The zero-order valence-corrected chi connectivity index (χ0v) is 15.3. The summed E-state index contributed by atoms with van der Waals surface area (Å²) in [5.74, 6) is 0.768. The molecule has 1 fully saturated rings. The lowest BCUT2D eigenvalue weighted by atomic mass is 9.87. The number of hydrogen-bond acceptors (Lipinski definition) is 4. The Hall–Kier alpha value is -1.40. The molecule has 1 aromatic rings.